The molecule has 23 heavy (non-hydrogen) atoms. The SMILES string of the molecule is Cc1cc(NNC(=O)Nc2nccc(C(C)(C)C)n2)nc(N)n1. The highest BCUT2D eigenvalue weighted by Crippen LogP contribution is 2.19. The summed E-state index contributed by atoms with van der Waals surface area (Å²) >= 11 is 0. The molecule has 2 heterocycles. The van der Waals surface area contributed by atoms with Crippen LogP contribution in [0.25, 0.3) is 0 Å². The van der Waals surface area contributed by atoms with Crippen LogP contribution in [0, 0.1) is 6.92 Å². The number of nitrogens with one attached hydrogen (secondary N) is 3. The molecule has 9 nitrogen and oxygen atoms in total. The molecule has 2 rings (SSSR count). The van der Waals surface area contributed by atoms with Crippen molar-refractivity contribution in [3.63, 3.8) is 0 Å². The van der Waals surface area contributed by atoms with E-state index in [1.807, 2.05) is 26.8 Å². The molecule has 0 aliphatic rings. The van der Waals surface area contributed by atoms with E-state index in [4.69, 9.17) is 5.73 Å². The van der Waals surface area contributed by atoms with Gasteiger partial charge >= 0.3 is 6.03 Å². The van der Waals surface area contributed by atoms with Gasteiger partial charge in [0.25, 0.3) is 0 Å². The summed E-state index contributed by atoms with van der Waals surface area (Å²) in [5.41, 5.74) is 12.0. The standard InChI is InChI=1S/C14H20N8O/c1-8-7-10(19-11(15)17-8)21-22-13(23)20-12-16-6-5-9(18-12)14(2,3)4/h5-7H,1-4H3,(H3,15,17,19,21)(H2,16,18,20,22,23). The Labute approximate surface area is 134 Å². The number of rotatable bonds is 3. The summed E-state index contributed by atoms with van der Waals surface area (Å²) in [5.74, 6) is 0.723. The highest BCUT2D eigenvalue weighted by Gasteiger charge is 2.16. The number of amides is 2. The molecule has 2 aromatic rings. The third-order valence-corrected chi connectivity index (χ3v) is 2.82. The summed E-state index contributed by atoms with van der Waals surface area (Å²) in [5, 5.41) is 2.54. The average Bonchev–Trinajstić information content (AvgIpc) is 2.43. The topological polar surface area (TPSA) is 131 Å². The van der Waals surface area contributed by atoms with Crippen LogP contribution in [0.5, 0.6) is 0 Å². The van der Waals surface area contributed by atoms with Gasteiger partial charge in [-0.05, 0) is 13.0 Å². The van der Waals surface area contributed by atoms with Crippen LogP contribution >= 0.6 is 0 Å². The molecule has 0 saturated carbocycles. The number of anilines is 3. The van der Waals surface area contributed by atoms with E-state index < -0.39 is 6.03 Å². The number of hydrazine groups is 1. The smallest absolute Gasteiger partial charge is 0.340 e. The normalized spacial score (nSPS) is 11.0. The molecule has 0 atom stereocenters. The number of carbonyl (C=O) groups excluding carboxylic acids is 1. The van der Waals surface area contributed by atoms with Gasteiger partial charge in [0.2, 0.25) is 11.9 Å². The second-order valence-corrected chi connectivity index (χ2v) is 5.97. The minimum absolute atomic E-state index is 0.121. The predicted octanol–water partition coefficient (Wildman–Crippen LogP) is 1.60. The molecule has 122 valence electrons. The Morgan fingerprint density at radius 3 is 2.61 bits per heavy atom. The number of urea groups is 1. The maximum Gasteiger partial charge on any atom is 0.340 e. The van der Waals surface area contributed by atoms with E-state index in [2.05, 4.69) is 36.1 Å². The zero-order valence-electron chi connectivity index (χ0n) is 13.5. The Morgan fingerprint density at radius 1 is 1.22 bits per heavy atom. The Bertz CT molecular complexity index is 690. The number of carbonyl (C=O) groups is 1. The number of hydrogen-bond acceptors (Lipinski definition) is 7. The van der Waals surface area contributed by atoms with Gasteiger partial charge < -0.3 is 5.73 Å². The second kappa shape index (κ2) is 6.42. The van der Waals surface area contributed by atoms with Crippen LogP contribution in [-0.2, 0) is 5.41 Å². The summed E-state index contributed by atoms with van der Waals surface area (Å²) in [4.78, 5) is 28.1. The van der Waals surface area contributed by atoms with Crippen molar-refractivity contribution in [3.8, 4) is 0 Å². The zero-order chi connectivity index (χ0) is 17.0. The largest absolute Gasteiger partial charge is 0.368 e. The van der Waals surface area contributed by atoms with Crippen LogP contribution in [0.3, 0.4) is 0 Å². The Kier molecular flexibility index (Phi) is 4.58. The quantitative estimate of drug-likeness (QED) is 0.632. The fraction of sp³-hybridized carbons (Fsp3) is 0.357. The molecule has 0 aliphatic carbocycles. The number of nitrogens with two attached hydrogens (primary N) is 1. The molecule has 0 bridgehead atoms. The van der Waals surface area contributed by atoms with Crippen molar-refractivity contribution in [1.82, 2.24) is 25.4 Å². The zero-order valence-corrected chi connectivity index (χ0v) is 13.5. The lowest BCUT2D eigenvalue weighted by atomic mass is 9.92. The van der Waals surface area contributed by atoms with Gasteiger partial charge in [0.1, 0.15) is 5.82 Å². The Morgan fingerprint density at radius 2 is 1.96 bits per heavy atom. The van der Waals surface area contributed by atoms with Crippen LogP contribution in [-0.4, -0.2) is 26.0 Å². The molecule has 0 aromatic carbocycles. The average molecular weight is 316 g/mol. The number of nitrogens with zero attached hydrogens (tertiary/aromatic N) is 4. The Hall–Kier alpha value is -2.97. The summed E-state index contributed by atoms with van der Waals surface area (Å²) in [7, 11) is 0. The number of aromatic nitrogens is 4. The number of nitrogen functional groups attached to an aromatic ring is 1. The maximum absolute atomic E-state index is 11.9. The lowest BCUT2D eigenvalue weighted by Gasteiger charge is -2.17. The van der Waals surface area contributed by atoms with Gasteiger partial charge in [0, 0.05) is 23.4 Å². The monoisotopic (exact) mass is 316 g/mol. The van der Waals surface area contributed by atoms with E-state index in [1.165, 1.54) is 0 Å². The lowest BCUT2D eigenvalue weighted by molar-refractivity contribution is 0.253. The van der Waals surface area contributed by atoms with Gasteiger partial charge in [0.15, 0.2) is 0 Å². The van der Waals surface area contributed by atoms with Gasteiger partial charge in [-0.2, -0.15) is 4.98 Å². The lowest BCUT2D eigenvalue weighted by Crippen LogP contribution is -2.34. The molecule has 5 N–H and O–H groups in total. The third kappa shape index (κ3) is 4.77. The minimum Gasteiger partial charge on any atom is -0.368 e. The molecule has 9 heteroatoms. The van der Waals surface area contributed by atoms with E-state index in [-0.39, 0.29) is 17.3 Å². The van der Waals surface area contributed by atoms with Crippen molar-refractivity contribution >= 4 is 23.7 Å². The number of hydrogen-bond donors (Lipinski definition) is 4. The van der Waals surface area contributed by atoms with E-state index in [1.54, 1.807) is 19.2 Å². The van der Waals surface area contributed by atoms with Crippen LogP contribution < -0.4 is 21.9 Å². The molecule has 0 spiro atoms. The van der Waals surface area contributed by atoms with Crippen molar-refractivity contribution in [2.75, 3.05) is 16.5 Å². The van der Waals surface area contributed by atoms with Crippen LogP contribution in [0.1, 0.15) is 32.2 Å². The first-order valence-electron chi connectivity index (χ1n) is 7.02. The predicted molar refractivity (Wildman–Crippen MR) is 87.7 cm³/mol. The molecular weight excluding hydrogens is 296 g/mol. The third-order valence-electron chi connectivity index (χ3n) is 2.82. The first-order chi connectivity index (χ1) is 10.7. The summed E-state index contributed by atoms with van der Waals surface area (Å²) in [6, 6.07) is 2.94. The van der Waals surface area contributed by atoms with Crippen molar-refractivity contribution in [2.24, 2.45) is 0 Å². The number of aryl methyl sites for hydroxylation is 1. The van der Waals surface area contributed by atoms with Crippen molar-refractivity contribution in [3.05, 3.63) is 29.7 Å². The molecule has 0 aliphatic heterocycles. The van der Waals surface area contributed by atoms with Gasteiger partial charge in [-0.25, -0.2) is 25.2 Å². The molecule has 0 saturated heterocycles. The summed E-state index contributed by atoms with van der Waals surface area (Å²) in [6.07, 6.45) is 1.60. The van der Waals surface area contributed by atoms with E-state index in [9.17, 15) is 4.79 Å². The Balaban J connectivity index is 1.97. The molecule has 0 radical (unpaired) electrons. The molecule has 2 aromatic heterocycles. The maximum atomic E-state index is 11.9. The van der Waals surface area contributed by atoms with E-state index >= 15 is 0 Å². The van der Waals surface area contributed by atoms with Gasteiger partial charge in [-0.1, -0.05) is 20.8 Å². The van der Waals surface area contributed by atoms with E-state index in [0.717, 1.165) is 5.69 Å². The first kappa shape index (κ1) is 16.4. The second-order valence-electron chi connectivity index (χ2n) is 5.97. The van der Waals surface area contributed by atoms with Gasteiger partial charge in [0.05, 0.1) is 5.69 Å². The first-order valence-corrected chi connectivity index (χ1v) is 7.02. The molecule has 0 unspecified atom stereocenters. The summed E-state index contributed by atoms with van der Waals surface area (Å²) in [6.45, 7) is 7.86. The molecule has 0 fully saturated rings. The van der Waals surface area contributed by atoms with Crippen molar-refractivity contribution in [1.29, 1.82) is 0 Å². The van der Waals surface area contributed by atoms with Crippen LogP contribution in [0.4, 0.5) is 22.5 Å². The highest BCUT2D eigenvalue weighted by atomic mass is 16.2. The van der Waals surface area contributed by atoms with Crippen molar-refractivity contribution in [2.45, 2.75) is 33.1 Å². The minimum atomic E-state index is -0.522. The van der Waals surface area contributed by atoms with Crippen molar-refractivity contribution < 1.29 is 4.79 Å². The van der Waals surface area contributed by atoms with Gasteiger partial charge in [-0.3, -0.25) is 10.7 Å². The highest BCUT2D eigenvalue weighted by molar-refractivity contribution is 5.88. The molecule has 2 amide bonds. The fourth-order valence-corrected chi connectivity index (χ4v) is 1.75. The fourth-order valence-electron chi connectivity index (χ4n) is 1.75. The van der Waals surface area contributed by atoms with E-state index in [0.29, 0.717) is 11.5 Å². The molecular formula is C14H20N8O. The van der Waals surface area contributed by atoms with Gasteiger partial charge in [-0.15, -0.1) is 0 Å². The van der Waals surface area contributed by atoms with Crippen LogP contribution in [0.15, 0.2) is 18.3 Å². The van der Waals surface area contributed by atoms with Crippen LogP contribution in [0.2, 0.25) is 0 Å². The summed E-state index contributed by atoms with van der Waals surface area (Å²) < 4.78 is 0.